The Morgan fingerprint density at radius 1 is 1.31 bits per heavy atom. The van der Waals surface area contributed by atoms with Gasteiger partial charge in [-0.25, -0.2) is 0 Å². The quantitative estimate of drug-likeness (QED) is 0.701. The van der Waals surface area contributed by atoms with Gasteiger partial charge in [-0.15, -0.1) is 0 Å². The van der Waals surface area contributed by atoms with Crippen LogP contribution in [-0.4, -0.2) is 5.11 Å². The van der Waals surface area contributed by atoms with Crippen LogP contribution >= 0.6 is 15.9 Å². The van der Waals surface area contributed by atoms with E-state index in [0.29, 0.717) is 0 Å². The van der Waals surface area contributed by atoms with Crippen LogP contribution in [0.4, 0.5) is 18.9 Å². The lowest BCUT2D eigenvalue weighted by molar-refractivity contribution is -0.136. The van der Waals surface area contributed by atoms with Crippen molar-refractivity contribution in [1.82, 2.24) is 0 Å². The summed E-state index contributed by atoms with van der Waals surface area (Å²) in [5, 5.41) is 9.00. The summed E-state index contributed by atoms with van der Waals surface area (Å²) in [6, 6.07) is 1.59. The number of aromatic hydroxyl groups is 1. The van der Waals surface area contributed by atoms with Crippen molar-refractivity contribution < 1.29 is 18.3 Å². The predicted molar refractivity (Wildman–Crippen MR) is 45.2 cm³/mol. The first-order chi connectivity index (χ1) is 5.82. The summed E-state index contributed by atoms with van der Waals surface area (Å²) in [4.78, 5) is 0. The van der Waals surface area contributed by atoms with Crippen molar-refractivity contribution in [3.05, 3.63) is 22.2 Å². The Labute approximate surface area is 80.3 Å². The van der Waals surface area contributed by atoms with Crippen LogP contribution in [0.2, 0.25) is 0 Å². The van der Waals surface area contributed by atoms with Gasteiger partial charge in [0.15, 0.2) is 0 Å². The third kappa shape index (κ3) is 2.06. The average molecular weight is 256 g/mol. The normalized spacial score (nSPS) is 11.7. The summed E-state index contributed by atoms with van der Waals surface area (Å²) in [6.45, 7) is 0. The predicted octanol–water partition coefficient (Wildman–Crippen LogP) is 2.76. The number of nitrogens with two attached hydrogens (primary N) is 1. The lowest BCUT2D eigenvalue weighted by atomic mass is 10.1. The van der Waals surface area contributed by atoms with E-state index in [4.69, 9.17) is 10.8 Å². The minimum atomic E-state index is -4.50. The summed E-state index contributed by atoms with van der Waals surface area (Å²) in [5.41, 5.74) is 3.62. The molecule has 0 unspecified atom stereocenters. The smallest absolute Gasteiger partial charge is 0.418 e. The van der Waals surface area contributed by atoms with Crippen LogP contribution in [0.25, 0.3) is 0 Å². The Hall–Kier alpha value is -0.910. The highest BCUT2D eigenvalue weighted by Crippen LogP contribution is 2.38. The van der Waals surface area contributed by atoms with Gasteiger partial charge < -0.3 is 10.8 Å². The molecule has 0 heterocycles. The molecule has 13 heavy (non-hydrogen) atoms. The summed E-state index contributed by atoms with van der Waals surface area (Å²) in [6.07, 6.45) is -4.50. The number of phenols is 1. The molecule has 0 aromatic heterocycles. The molecule has 0 saturated heterocycles. The molecule has 0 amide bonds. The fraction of sp³-hybridized carbons (Fsp3) is 0.143. The Kier molecular flexibility index (Phi) is 2.42. The molecular formula is C7H5BrF3NO. The first-order valence-electron chi connectivity index (χ1n) is 3.17. The van der Waals surface area contributed by atoms with E-state index in [1.54, 1.807) is 0 Å². The molecule has 0 aliphatic rings. The van der Waals surface area contributed by atoms with Gasteiger partial charge in [0.05, 0.1) is 10.0 Å². The van der Waals surface area contributed by atoms with Crippen LogP contribution in [0.5, 0.6) is 5.75 Å². The van der Waals surface area contributed by atoms with Crippen molar-refractivity contribution in [1.29, 1.82) is 0 Å². The molecule has 0 spiro atoms. The van der Waals surface area contributed by atoms with Crippen LogP contribution in [0.15, 0.2) is 16.6 Å². The van der Waals surface area contributed by atoms with E-state index in [0.717, 1.165) is 12.1 Å². The molecule has 0 aliphatic heterocycles. The molecule has 1 rings (SSSR count). The Bertz CT molecular complexity index is 337. The molecule has 0 bridgehead atoms. The summed E-state index contributed by atoms with van der Waals surface area (Å²) >= 11 is 2.77. The van der Waals surface area contributed by atoms with Crippen molar-refractivity contribution in [3.63, 3.8) is 0 Å². The van der Waals surface area contributed by atoms with Crippen LogP contribution in [0.3, 0.4) is 0 Å². The minimum absolute atomic E-state index is 0.0333. The monoisotopic (exact) mass is 255 g/mol. The van der Waals surface area contributed by atoms with Gasteiger partial charge in [-0.3, -0.25) is 0 Å². The zero-order valence-corrected chi connectivity index (χ0v) is 7.78. The molecule has 0 aliphatic carbocycles. The number of nitrogen functional groups attached to an aromatic ring is 1. The maximum Gasteiger partial charge on any atom is 0.418 e. The number of halogens is 4. The first-order valence-corrected chi connectivity index (χ1v) is 3.97. The number of anilines is 1. The van der Waals surface area contributed by atoms with Crippen molar-refractivity contribution in [2.45, 2.75) is 6.18 Å². The zero-order chi connectivity index (χ0) is 10.2. The van der Waals surface area contributed by atoms with E-state index in [9.17, 15) is 13.2 Å². The fourth-order valence-corrected chi connectivity index (χ4v) is 1.17. The molecule has 0 atom stereocenters. The molecule has 3 N–H and O–H groups in total. The number of benzene rings is 1. The standard InChI is InChI=1S/C7H5BrF3NO/c8-4-1-3(7(9,10)11)5(12)2-6(4)13/h1-2,13H,12H2. The maximum atomic E-state index is 12.2. The largest absolute Gasteiger partial charge is 0.507 e. The molecule has 0 saturated carbocycles. The highest BCUT2D eigenvalue weighted by Gasteiger charge is 2.33. The first kappa shape index (κ1) is 10.2. The molecule has 2 nitrogen and oxygen atoms in total. The second-order valence-corrected chi connectivity index (χ2v) is 3.24. The van der Waals surface area contributed by atoms with E-state index in [-0.39, 0.29) is 10.2 Å². The highest BCUT2D eigenvalue weighted by molar-refractivity contribution is 9.10. The molecule has 0 radical (unpaired) electrons. The summed E-state index contributed by atoms with van der Waals surface area (Å²) in [5.74, 6) is -0.314. The van der Waals surface area contributed by atoms with E-state index in [2.05, 4.69) is 15.9 Å². The average Bonchev–Trinajstić information content (AvgIpc) is 1.94. The lowest BCUT2D eigenvalue weighted by Crippen LogP contribution is -2.08. The van der Waals surface area contributed by atoms with Gasteiger partial charge in [-0.1, -0.05) is 0 Å². The van der Waals surface area contributed by atoms with Gasteiger partial charge in [-0.2, -0.15) is 13.2 Å². The van der Waals surface area contributed by atoms with Gasteiger partial charge in [-0.05, 0) is 22.0 Å². The second kappa shape index (κ2) is 3.10. The number of hydrogen-bond acceptors (Lipinski definition) is 2. The van der Waals surface area contributed by atoms with Gasteiger partial charge >= 0.3 is 6.18 Å². The van der Waals surface area contributed by atoms with E-state index >= 15 is 0 Å². The van der Waals surface area contributed by atoms with Crippen molar-refractivity contribution in [3.8, 4) is 5.75 Å². The molecule has 1 aromatic carbocycles. The van der Waals surface area contributed by atoms with Crippen LogP contribution in [-0.2, 0) is 6.18 Å². The Morgan fingerprint density at radius 2 is 1.85 bits per heavy atom. The van der Waals surface area contributed by atoms with Crippen LogP contribution in [0, 0.1) is 0 Å². The van der Waals surface area contributed by atoms with Crippen LogP contribution < -0.4 is 5.73 Å². The molecular weight excluding hydrogens is 251 g/mol. The number of phenolic OH excluding ortho intramolecular Hbond substituents is 1. The molecule has 72 valence electrons. The van der Waals surface area contributed by atoms with E-state index < -0.39 is 17.4 Å². The third-order valence-electron chi connectivity index (χ3n) is 1.42. The molecule has 0 fully saturated rings. The summed E-state index contributed by atoms with van der Waals surface area (Å²) < 4.78 is 36.5. The van der Waals surface area contributed by atoms with Gasteiger partial charge in [0.25, 0.3) is 0 Å². The van der Waals surface area contributed by atoms with Crippen molar-refractivity contribution in [2.75, 3.05) is 5.73 Å². The Balaban J connectivity index is 3.32. The number of hydrogen-bond donors (Lipinski definition) is 2. The van der Waals surface area contributed by atoms with E-state index in [1.807, 2.05) is 0 Å². The third-order valence-corrected chi connectivity index (χ3v) is 2.06. The number of alkyl halides is 3. The van der Waals surface area contributed by atoms with Crippen molar-refractivity contribution >= 4 is 21.6 Å². The number of rotatable bonds is 0. The van der Waals surface area contributed by atoms with Gasteiger partial charge in [0, 0.05) is 11.8 Å². The SMILES string of the molecule is Nc1cc(O)c(Br)cc1C(F)(F)F. The Morgan fingerprint density at radius 3 is 2.31 bits per heavy atom. The fourth-order valence-electron chi connectivity index (χ4n) is 0.823. The van der Waals surface area contributed by atoms with Crippen molar-refractivity contribution in [2.24, 2.45) is 0 Å². The van der Waals surface area contributed by atoms with Gasteiger partial charge in [0.1, 0.15) is 5.75 Å². The molecule has 1 aromatic rings. The maximum absolute atomic E-state index is 12.2. The summed E-state index contributed by atoms with van der Waals surface area (Å²) in [7, 11) is 0. The lowest BCUT2D eigenvalue weighted by Gasteiger charge is -2.10. The second-order valence-electron chi connectivity index (χ2n) is 2.39. The van der Waals surface area contributed by atoms with E-state index in [1.165, 1.54) is 0 Å². The minimum Gasteiger partial charge on any atom is -0.507 e. The molecule has 6 heteroatoms. The van der Waals surface area contributed by atoms with Gasteiger partial charge in [0.2, 0.25) is 0 Å². The topological polar surface area (TPSA) is 46.2 Å². The highest BCUT2D eigenvalue weighted by atomic mass is 79.9. The van der Waals surface area contributed by atoms with Crippen LogP contribution in [0.1, 0.15) is 5.56 Å². The zero-order valence-electron chi connectivity index (χ0n) is 6.19.